The Kier molecular flexibility index (Phi) is 7.41. The van der Waals surface area contributed by atoms with E-state index in [0.29, 0.717) is 11.7 Å². The van der Waals surface area contributed by atoms with Gasteiger partial charge in [0.1, 0.15) is 0 Å². The summed E-state index contributed by atoms with van der Waals surface area (Å²) in [7, 11) is 0. The summed E-state index contributed by atoms with van der Waals surface area (Å²) in [5, 5.41) is 10.7. The van der Waals surface area contributed by atoms with E-state index in [1.807, 2.05) is 45.9 Å². The van der Waals surface area contributed by atoms with Gasteiger partial charge >= 0.3 is 0 Å². The maximum absolute atomic E-state index is 12.5. The van der Waals surface area contributed by atoms with Crippen LogP contribution in [0.2, 0.25) is 0 Å². The van der Waals surface area contributed by atoms with E-state index in [1.54, 1.807) is 18.6 Å². The number of anilines is 1. The summed E-state index contributed by atoms with van der Waals surface area (Å²) in [4.78, 5) is 16.5. The first-order valence-corrected chi connectivity index (χ1v) is 8.45. The Morgan fingerprint density at radius 2 is 2.11 bits per heavy atom. The van der Waals surface area contributed by atoms with Gasteiger partial charge in [-0.3, -0.25) is 9.48 Å². The highest BCUT2D eigenvalue weighted by atomic mass is 35.5. The van der Waals surface area contributed by atoms with E-state index in [4.69, 9.17) is 0 Å². The molecule has 3 aromatic rings. The highest BCUT2D eigenvalue weighted by Crippen LogP contribution is 2.17. The predicted octanol–water partition coefficient (Wildman–Crippen LogP) is 3.09. The molecule has 1 saturated heterocycles. The van der Waals surface area contributed by atoms with Crippen molar-refractivity contribution in [2.75, 3.05) is 18.4 Å². The minimum absolute atomic E-state index is 0. The van der Waals surface area contributed by atoms with E-state index in [2.05, 4.69) is 20.7 Å². The van der Waals surface area contributed by atoms with Gasteiger partial charge in [0.2, 0.25) is 0 Å². The zero-order valence-electron chi connectivity index (χ0n) is 14.6. The molecule has 0 aliphatic carbocycles. The molecule has 1 aliphatic rings. The molecule has 2 N–H and O–H groups in total. The van der Waals surface area contributed by atoms with Crippen molar-refractivity contribution in [3.8, 4) is 5.69 Å². The first-order chi connectivity index (χ1) is 12.3. The third kappa shape index (κ3) is 4.88. The second-order valence-corrected chi connectivity index (χ2v) is 6.16. The fraction of sp³-hybridized carbons (Fsp3) is 0.278. The van der Waals surface area contributed by atoms with Crippen LogP contribution in [0.15, 0.2) is 55.2 Å². The number of piperidine rings is 1. The number of hydrogen-bond acceptors (Lipinski definition) is 4. The molecular weight excluding hydrogens is 387 g/mol. The molecule has 3 heterocycles. The van der Waals surface area contributed by atoms with Gasteiger partial charge in [-0.15, -0.1) is 24.8 Å². The van der Waals surface area contributed by atoms with Crippen molar-refractivity contribution in [2.45, 2.75) is 18.9 Å². The normalized spacial score (nSPS) is 16.1. The van der Waals surface area contributed by atoms with Gasteiger partial charge in [-0.1, -0.05) is 6.07 Å². The summed E-state index contributed by atoms with van der Waals surface area (Å²) in [5.41, 5.74) is 2.10. The lowest BCUT2D eigenvalue weighted by atomic mass is 10.1. The molecule has 1 fully saturated rings. The molecule has 1 amide bonds. The quantitative estimate of drug-likeness (QED) is 0.695. The summed E-state index contributed by atoms with van der Waals surface area (Å²) in [5.74, 6) is -0.203. The molecule has 0 spiro atoms. The van der Waals surface area contributed by atoms with Crippen molar-refractivity contribution in [1.82, 2.24) is 24.6 Å². The Morgan fingerprint density at radius 3 is 2.85 bits per heavy atom. The van der Waals surface area contributed by atoms with Crippen molar-refractivity contribution in [3.63, 3.8) is 0 Å². The minimum Gasteiger partial charge on any atom is -0.321 e. The van der Waals surface area contributed by atoms with Crippen LogP contribution in [0.1, 0.15) is 29.4 Å². The van der Waals surface area contributed by atoms with Crippen LogP contribution in [0.4, 0.5) is 5.69 Å². The van der Waals surface area contributed by atoms with E-state index in [1.165, 1.54) is 0 Å². The van der Waals surface area contributed by atoms with Gasteiger partial charge in [0.15, 0.2) is 5.69 Å². The first kappa shape index (κ1) is 21.0. The Labute approximate surface area is 170 Å². The maximum Gasteiger partial charge on any atom is 0.276 e. The van der Waals surface area contributed by atoms with Gasteiger partial charge < -0.3 is 15.2 Å². The van der Waals surface area contributed by atoms with E-state index >= 15 is 0 Å². The van der Waals surface area contributed by atoms with Gasteiger partial charge in [-0.2, -0.15) is 5.10 Å². The van der Waals surface area contributed by atoms with Crippen LogP contribution in [0.3, 0.4) is 0 Å². The molecule has 9 heteroatoms. The fourth-order valence-electron chi connectivity index (χ4n) is 3.07. The van der Waals surface area contributed by atoms with E-state index in [0.717, 1.165) is 37.3 Å². The standard InChI is InChI=1S/C18H20N6O.2ClH/c25-18(17-6-9-24(22-17)16-5-2-7-19-12-16)21-14-3-1-4-15(11-14)23-10-8-20-13-23;;/h1,3-4,6,8-11,13,16,19H,2,5,7,12H2,(H,21,25);2*1H. The highest BCUT2D eigenvalue weighted by Gasteiger charge is 2.17. The second kappa shape index (κ2) is 9.55. The zero-order chi connectivity index (χ0) is 17.1. The van der Waals surface area contributed by atoms with Gasteiger partial charge in [-0.05, 0) is 43.7 Å². The number of benzene rings is 1. The molecule has 1 aliphatic heterocycles. The number of carbonyl (C=O) groups excluding carboxylic acids is 1. The van der Waals surface area contributed by atoms with Crippen molar-refractivity contribution in [1.29, 1.82) is 0 Å². The summed E-state index contributed by atoms with van der Waals surface area (Å²) >= 11 is 0. The third-order valence-corrected chi connectivity index (χ3v) is 4.39. The van der Waals surface area contributed by atoms with Crippen molar-refractivity contribution < 1.29 is 4.79 Å². The SMILES string of the molecule is Cl.Cl.O=C(Nc1cccc(-n2ccnc2)c1)c1ccn(C2CCCNC2)n1. The molecule has 1 aromatic carbocycles. The topological polar surface area (TPSA) is 76.8 Å². The largest absolute Gasteiger partial charge is 0.321 e. The molecule has 2 aromatic heterocycles. The lowest BCUT2D eigenvalue weighted by molar-refractivity contribution is 0.102. The van der Waals surface area contributed by atoms with Crippen LogP contribution in [0, 0.1) is 0 Å². The average molecular weight is 409 g/mol. The van der Waals surface area contributed by atoms with Crippen molar-refractivity contribution in [3.05, 3.63) is 60.9 Å². The predicted molar refractivity (Wildman–Crippen MR) is 109 cm³/mol. The van der Waals surface area contributed by atoms with Crippen molar-refractivity contribution >= 4 is 36.4 Å². The Hall–Kier alpha value is -2.35. The lowest BCUT2D eigenvalue weighted by Gasteiger charge is -2.22. The molecule has 27 heavy (non-hydrogen) atoms. The number of nitrogens with one attached hydrogen (secondary N) is 2. The monoisotopic (exact) mass is 408 g/mol. The van der Waals surface area contributed by atoms with Crippen LogP contribution in [-0.4, -0.2) is 38.3 Å². The Morgan fingerprint density at radius 1 is 1.22 bits per heavy atom. The van der Waals surface area contributed by atoms with Crippen LogP contribution >= 0.6 is 24.8 Å². The van der Waals surface area contributed by atoms with Gasteiger partial charge in [0.25, 0.3) is 5.91 Å². The number of carbonyl (C=O) groups is 1. The number of rotatable bonds is 4. The lowest BCUT2D eigenvalue weighted by Crippen LogP contribution is -2.32. The Balaban J connectivity index is 0.00000131. The fourth-order valence-corrected chi connectivity index (χ4v) is 3.07. The summed E-state index contributed by atoms with van der Waals surface area (Å²) in [6.07, 6.45) is 9.41. The van der Waals surface area contributed by atoms with Gasteiger partial charge in [0.05, 0.1) is 12.4 Å². The number of hydrogen-bond donors (Lipinski definition) is 2. The summed E-state index contributed by atoms with van der Waals surface area (Å²) in [6, 6.07) is 9.71. The number of nitrogens with zero attached hydrogens (tertiary/aromatic N) is 4. The van der Waals surface area contributed by atoms with E-state index in [-0.39, 0.29) is 30.7 Å². The molecule has 0 radical (unpaired) electrons. The van der Waals surface area contributed by atoms with Gasteiger partial charge in [-0.25, -0.2) is 4.98 Å². The number of amides is 1. The van der Waals surface area contributed by atoms with Crippen LogP contribution in [-0.2, 0) is 0 Å². The van der Waals surface area contributed by atoms with E-state index in [9.17, 15) is 4.79 Å². The molecule has 1 atom stereocenters. The first-order valence-electron chi connectivity index (χ1n) is 8.45. The molecular formula is C18H22Cl2N6O. The average Bonchev–Trinajstić information content (AvgIpc) is 3.35. The minimum atomic E-state index is -0.203. The molecule has 7 nitrogen and oxygen atoms in total. The van der Waals surface area contributed by atoms with Crippen LogP contribution in [0.5, 0.6) is 0 Å². The van der Waals surface area contributed by atoms with Gasteiger partial charge in [0, 0.05) is 36.5 Å². The number of aromatic nitrogens is 4. The second-order valence-electron chi connectivity index (χ2n) is 6.16. The van der Waals surface area contributed by atoms with Crippen LogP contribution in [0.25, 0.3) is 5.69 Å². The maximum atomic E-state index is 12.5. The summed E-state index contributed by atoms with van der Waals surface area (Å²) in [6.45, 7) is 1.95. The molecule has 144 valence electrons. The summed E-state index contributed by atoms with van der Waals surface area (Å²) < 4.78 is 3.78. The molecule has 1 unspecified atom stereocenters. The van der Waals surface area contributed by atoms with Crippen molar-refractivity contribution in [2.24, 2.45) is 0 Å². The molecule has 0 saturated carbocycles. The molecule has 4 rings (SSSR count). The van der Waals surface area contributed by atoms with Crippen LogP contribution < -0.4 is 10.6 Å². The highest BCUT2D eigenvalue weighted by molar-refractivity contribution is 6.02. The number of halogens is 2. The third-order valence-electron chi connectivity index (χ3n) is 4.39. The number of imidazole rings is 1. The van der Waals surface area contributed by atoms with E-state index < -0.39 is 0 Å². The smallest absolute Gasteiger partial charge is 0.276 e. The Bertz CT molecular complexity index is 858. The molecule has 0 bridgehead atoms. The zero-order valence-corrected chi connectivity index (χ0v) is 16.2.